The summed E-state index contributed by atoms with van der Waals surface area (Å²) in [7, 11) is 1.45. The lowest BCUT2D eigenvalue weighted by Crippen LogP contribution is -2.16. The van der Waals surface area contributed by atoms with E-state index in [1.807, 2.05) is 0 Å². The number of hydrogen-bond acceptors (Lipinski definition) is 4. The fourth-order valence-corrected chi connectivity index (χ4v) is 1.98. The Labute approximate surface area is 113 Å². The number of carbonyl (C=O) groups is 1. The number of aliphatic hydroxyl groups is 1. The van der Waals surface area contributed by atoms with Crippen molar-refractivity contribution < 1.29 is 24.5 Å². The molecule has 0 radical (unpaired) electrons. The molecular weight excluding hydrogens is 304 g/mol. The lowest BCUT2D eigenvalue weighted by molar-refractivity contribution is -0.147. The van der Waals surface area contributed by atoms with Crippen molar-refractivity contribution in [2.45, 2.75) is 26.1 Å². The van der Waals surface area contributed by atoms with Crippen LogP contribution >= 0.6 is 15.9 Å². The molecule has 0 spiro atoms. The predicted molar refractivity (Wildman–Crippen MR) is 69.1 cm³/mol. The normalized spacial score (nSPS) is 12.3. The first-order valence-electron chi connectivity index (χ1n) is 5.32. The van der Waals surface area contributed by atoms with Crippen molar-refractivity contribution in [3.05, 3.63) is 22.2 Å². The summed E-state index contributed by atoms with van der Waals surface area (Å²) in [4.78, 5) is 10.9. The van der Waals surface area contributed by atoms with E-state index in [0.717, 1.165) is 0 Å². The van der Waals surface area contributed by atoms with Gasteiger partial charge in [0.25, 0.3) is 0 Å². The highest BCUT2D eigenvalue weighted by atomic mass is 79.9. The van der Waals surface area contributed by atoms with E-state index >= 15 is 0 Å². The van der Waals surface area contributed by atoms with E-state index in [9.17, 15) is 9.90 Å². The molecule has 0 saturated carbocycles. The van der Waals surface area contributed by atoms with Crippen molar-refractivity contribution >= 4 is 21.9 Å². The van der Waals surface area contributed by atoms with Crippen LogP contribution < -0.4 is 9.47 Å². The van der Waals surface area contributed by atoms with Crippen molar-refractivity contribution in [2.75, 3.05) is 7.11 Å². The molecule has 100 valence electrons. The van der Waals surface area contributed by atoms with Gasteiger partial charge in [0.2, 0.25) is 0 Å². The lowest BCUT2D eigenvalue weighted by atomic mass is 10.1. The van der Waals surface area contributed by atoms with Gasteiger partial charge in [0.15, 0.2) is 17.6 Å². The molecule has 0 aromatic heterocycles. The molecule has 18 heavy (non-hydrogen) atoms. The van der Waals surface area contributed by atoms with Crippen molar-refractivity contribution in [3.8, 4) is 11.5 Å². The minimum atomic E-state index is -1.68. The molecule has 1 atom stereocenters. The van der Waals surface area contributed by atoms with Gasteiger partial charge in [-0.05, 0) is 26.0 Å². The van der Waals surface area contributed by atoms with Gasteiger partial charge in [-0.3, -0.25) is 0 Å². The minimum absolute atomic E-state index is 0.149. The third-order valence-electron chi connectivity index (χ3n) is 2.19. The Balaban J connectivity index is 3.39. The molecule has 1 aromatic rings. The molecular formula is C12H15BrO5. The average Bonchev–Trinajstić information content (AvgIpc) is 2.28. The second kappa shape index (κ2) is 6.06. The molecule has 6 heteroatoms. The molecule has 1 rings (SSSR count). The van der Waals surface area contributed by atoms with E-state index in [1.165, 1.54) is 7.11 Å². The number of aliphatic hydroxyl groups excluding tert-OH is 1. The minimum Gasteiger partial charge on any atom is -0.493 e. The van der Waals surface area contributed by atoms with Gasteiger partial charge < -0.3 is 19.7 Å². The molecule has 5 nitrogen and oxygen atoms in total. The molecule has 0 aliphatic rings. The highest BCUT2D eigenvalue weighted by Crippen LogP contribution is 2.40. The van der Waals surface area contributed by atoms with Crippen molar-refractivity contribution in [1.29, 1.82) is 0 Å². The molecule has 2 N–H and O–H groups in total. The molecule has 1 aromatic carbocycles. The monoisotopic (exact) mass is 318 g/mol. The Hall–Kier alpha value is -1.27. The summed E-state index contributed by atoms with van der Waals surface area (Å²) >= 11 is 3.21. The zero-order chi connectivity index (χ0) is 13.9. The first kappa shape index (κ1) is 14.8. The van der Waals surface area contributed by atoms with Crippen LogP contribution in [-0.2, 0) is 4.79 Å². The Morgan fingerprint density at radius 1 is 1.39 bits per heavy atom. The van der Waals surface area contributed by atoms with Crippen LogP contribution in [0.15, 0.2) is 16.6 Å². The van der Waals surface area contributed by atoms with Gasteiger partial charge in [-0.2, -0.15) is 0 Å². The highest BCUT2D eigenvalue weighted by Gasteiger charge is 2.26. The predicted octanol–water partition coefficient (Wildman–Crippen LogP) is 2.36. The van der Waals surface area contributed by atoms with Gasteiger partial charge in [0.05, 0.1) is 18.8 Å². The Kier molecular flexibility index (Phi) is 4.98. The summed E-state index contributed by atoms with van der Waals surface area (Å²) in [6, 6.07) is 3.24. The SMILES string of the molecule is COc1ccc(Br)c(C(O)C(=O)O)c1OC(C)C. The first-order chi connectivity index (χ1) is 8.38. The third-order valence-corrected chi connectivity index (χ3v) is 2.88. The Morgan fingerprint density at radius 2 is 2.00 bits per heavy atom. The van der Waals surface area contributed by atoms with Gasteiger partial charge in [-0.1, -0.05) is 15.9 Å². The number of ether oxygens (including phenoxy) is 2. The molecule has 0 amide bonds. The van der Waals surface area contributed by atoms with Crippen LogP contribution in [0, 0.1) is 0 Å². The number of aliphatic carboxylic acids is 1. The lowest BCUT2D eigenvalue weighted by Gasteiger charge is -2.20. The standard InChI is InChI=1S/C12H15BrO5/c1-6(2)18-11-8(17-3)5-4-7(13)9(11)10(14)12(15)16/h4-6,10,14H,1-3H3,(H,15,16). The Bertz CT molecular complexity index is 444. The van der Waals surface area contributed by atoms with Crippen LogP contribution in [-0.4, -0.2) is 29.4 Å². The van der Waals surface area contributed by atoms with Crippen LogP contribution in [0.1, 0.15) is 25.5 Å². The van der Waals surface area contributed by atoms with E-state index in [2.05, 4.69) is 15.9 Å². The quantitative estimate of drug-likeness (QED) is 0.871. The summed E-state index contributed by atoms with van der Waals surface area (Å²) < 4.78 is 11.1. The summed E-state index contributed by atoms with van der Waals surface area (Å²) in [5, 5.41) is 18.6. The van der Waals surface area contributed by atoms with Crippen molar-refractivity contribution in [3.63, 3.8) is 0 Å². The van der Waals surface area contributed by atoms with Crippen molar-refractivity contribution in [1.82, 2.24) is 0 Å². The second-order valence-corrected chi connectivity index (χ2v) is 4.75. The van der Waals surface area contributed by atoms with E-state index < -0.39 is 12.1 Å². The second-order valence-electron chi connectivity index (χ2n) is 3.90. The first-order valence-corrected chi connectivity index (χ1v) is 6.11. The molecule has 1 unspecified atom stereocenters. The van der Waals surface area contributed by atoms with E-state index in [1.54, 1.807) is 26.0 Å². The maximum Gasteiger partial charge on any atom is 0.337 e. The van der Waals surface area contributed by atoms with E-state index in [4.69, 9.17) is 14.6 Å². The Morgan fingerprint density at radius 3 is 2.44 bits per heavy atom. The van der Waals surface area contributed by atoms with Crippen LogP contribution in [0.2, 0.25) is 0 Å². The maximum atomic E-state index is 10.9. The molecule has 0 fully saturated rings. The van der Waals surface area contributed by atoms with E-state index in [0.29, 0.717) is 10.2 Å². The van der Waals surface area contributed by atoms with Crippen LogP contribution in [0.25, 0.3) is 0 Å². The molecule has 0 heterocycles. The van der Waals surface area contributed by atoms with Gasteiger partial charge in [-0.15, -0.1) is 0 Å². The summed E-state index contributed by atoms with van der Waals surface area (Å²) in [5.74, 6) is -0.739. The molecule has 0 aliphatic heterocycles. The number of halogens is 1. The number of carboxylic acids is 1. The van der Waals surface area contributed by atoms with Gasteiger partial charge in [0, 0.05) is 4.47 Å². The third kappa shape index (κ3) is 3.14. The average molecular weight is 319 g/mol. The topological polar surface area (TPSA) is 76.0 Å². The summed E-state index contributed by atoms with van der Waals surface area (Å²) in [6.45, 7) is 3.61. The zero-order valence-corrected chi connectivity index (χ0v) is 11.9. The number of benzene rings is 1. The van der Waals surface area contributed by atoms with Gasteiger partial charge in [0.1, 0.15) is 0 Å². The number of rotatable bonds is 5. The fourth-order valence-electron chi connectivity index (χ4n) is 1.45. The summed E-state index contributed by atoms with van der Waals surface area (Å²) in [6.07, 6.45) is -1.85. The van der Waals surface area contributed by atoms with Crippen LogP contribution in [0.4, 0.5) is 0 Å². The number of methoxy groups -OCH3 is 1. The molecule has 0 saturated heterocycles. The smallest absolute Gasteiger partial charge is 0.337 e. The van der Waals surface area contributed by atoms with Gasteiger partial charge >= 0.3 is 5.97 Å². The largest absolute Gasteiger partial charge is 0.493 e. The number of hydrogen-bond donors (Lipinski definition) is 2. The highest BCUT2D eigenvalue weighted by molar-refractivity contribution is 9.10. The maximum absolute atomic E-state index is 10.9. The summed E-state index contributed by atoms with van der Waals surface area (Å²) in [5.41, 5.74) is 0.149. The van der Waals surface area contributed by atoms with Gasteiger partial charge in [-0.25, -0.2) is 4.79 Å². The van der Waals surface area contributed by atoms with Crippen LogP contribution in [0.3, 0.4) is 0 Å². The zero-order valence-electron chi connectivity index (χ0n) is 10.3. The molecule has 0 aliphatic carbocycles. The molecule has 0 bridgehead atoms. The van der Waals surface area contributed by atoms with Crippen LogP contribution in [0.5, 0.6) is 11.5 Å². The van der Waals surface area contributed by atoms with Crippen molar-refractivity contribution in [2.24, 2.45) is 0 Å². The fraction of sp³-hybridized carbons (Fsp3) is 0.417. The number of carboxylic acid groups (broad SMARTS) is 1. The van der Waals surface area contributed by atoms with E-state index in [-0.39, 0.29) is 17.4 Å².